The first-order valence-electron chi connectivity index (χ1n) is 11.6. The third-order valence-electron chi connectivity index (χ3n) is 5.58. The van der Waals surface area contributed by atoms with Gasteiger partial charge in [0.2, 0.25) is 17.6 Å². The number of nitrogens with zero attached hydrogens (tertiary/aromatic N) is 5. The molecule has 0 atom stereocenters. The van der Waals surface area contributed by atoms with Crippen molar-refractivity contribution in [3.8, 4) is 22.8 Å². The van der Waals surface area contributed by atoms with Gasteiger partial charge in [-0.15, -0.1) is 10.2 Å². The predicted molar refractivity (Wildman–Crippen MR) is 135 cm³/mol. The number of hydrogen-bond donors (Lipinski definition) is 2. The summed E-state index contributed by atoms with van der Waals surface area (Å²) in [6.45, 7) is 2.15. The lowest BCUT2D eigenvalue weighted by Crippen LogP contribution is -2.42. The van der Waals surface area contributed by atoms with Crippen molar-refractivity contribution in [3.63, 3.8) is 0 Å². The molecule has 10 nitrogen and oxygen atoms in total. The maximum atomic E-state index is 12.5. The number of oxazole rings is 1. The van der Waals surface area contributed by atoms with Gasteiger partial charge in [-0.1, -0.05) is 60.7 Å². The largest absolute Gasteiger partial charge is 0.441 e. The van der Waals surface area contributed by atoms with E-state index in [2.05, 4.69) is 31.2 Å². The second-order valence-corrected chi connectivity index (χ2v) is 8.27. The molecule has 0 unspecified atom stereocenters. The number of hydrogen-bond acceptors (Lipinski definition) is 7. The number of rotatable bonds is 7. The fourth-order valence-electron chi connectivity index (χ4n) is 3.63. The minimum atomic E-state index is -0.438. The fraction of sp³-hybridized carbons (Fsp3) is 0.111. The molecule has 10 heteroatoms. The molecule has 2 heterocycles. The first-order chi connectivity index (χ1) is 18.0. The number of nitrogens with one attached hydrogen (secondary N) is 2. The van der Waals surface area contributed by atoms with Crippen LogP contribution in [0.3, 0.4) is 0 Å². The van der Waals surface area contributed by atoms with Gasteiger partial charge in [-0.05, 0) is 42.0 Å². The number of benzene rings is 3. The Kier molecular flexibility index (Phi) is 6.80. The second-order valence-electron chi connectivity index (χ2n) is 8.27. The molecule has 2 amide bonds. The number of hydrazine groups is 1. The maximum absolute atomic E-state index is 12.5. The zero-order chi connectivity index (χ0) is 25.6. The molecule has 2 aromatic heterocycles. The average molecular weight is 494 g/mol. The van der Waals surface area contributed by atoms with E-state index in [9.17, 15) is 9.59 Å². The Hall–Kier alpha value is -5.12. The SMILES string of the molecule is Cc1oc(-c2ccccc2)nc1CC(=O)NNC(=O)c1ccc(Cn2nnc(-c3ccccc3)n2)cc1. The van der Waals surface area contributed by atoms with Gasteiger partial charge < -0.3 is 4.42 Å². The quantitative estimate of drug-likeness (QED) is 0.333. The van der Waals surface area contributed by atoms with Crippen LogP contribution in [0.15, 0.2) is 89.3 Å². The van der Waals surface area contributed by atoms with Crippen molar-refractivity contribution in [1.29, 1.82) is 0 Å². The highest BCUT2D eigenvalue weighted by atomic mass is 16.4. The van der Waals surface area contributed by atoms with Crippen LogP contribution in [-0.4, -0.2) is 37.0 Å². The van der Waals surface area contributed by atoms with E-state index in [4.69, 9.17) is 4.42 Å². The Morgan fingerprint density at radius 2 is 1.54 bits per heavy atom. The van der Waals surface area contributed by atoms with Crippen LogP contribution in [-0.2, 0) is 17.8 Å². The lowest BCUT2D eigenvalue weighted by atomic mass is 10.1. The first-order valence-corrected chi connectivity index (χ1v) is 11.6. The van der Waals surface area contributed by atoms with Crippen LogP contribution in [0.1, 0.15) is 27.4 Å². The monoisotopic (exact) mass is 493 g/mol. The zero-order valence-corrected chi connectivity index (χ0v) is 20.0. The lowest BCUT2D eigenvalue weighted by Gasteiger charge is -2.07. The van der Waals surface area contributed by atoms with E-state index in [0.29, 0.717) is 35.3 Å². The number of tetrazole rings is 1. The van der Waals surface area contributed by atoms with Crippen LogP contribution >= 0.6 is 0 Å². The maximum Gasteiger partial charge on any atom is 0.269 e. The highest BCUT2D eigenvalue weighted by molar-refractivity contribution is 5.95. The smallest absolute Gasteiger partial charge is 0.269 e. The van der Waals surface area contributed by atoms with Gasteiger partial charge >= 0.3 is 0 Å². The summed E-state index contributed by atoms with van der Waals surface area (Å²) in [4.78, 5) is 30.8. The number of amides is 2. The van der Waals surface area contributed by atoms with Gasteiger partial charge in [0.15, 0.2) is 0 Å². The Morgan fingerprint density at radius 3 is 2.24 bits per heavy atom. The summed E-state index contributed by atoms with van der Waals surface area (Å²) < 4.78 is 5.68. The molecule has 3 aromatic carbocycles. The summed E-state index contributed by atoms with van der Waals surface area (Å²) in [5, 5.41) is 12.6. The molecule has 5 rings (SSSR count). The van der Waals surface area contributed by atoms with E-state index >= 15 is 0 Å². The Morgan fingerprint density at radius 1 is 0.865 bits per heavy atom. The number of aromatic nitrogens is 5. The van der Waals surface area contributed by atoms with Crippen molar-refractivity contribution < 1.29 is 14.0 Å². The molecule has 5 aromatic rings. The van der Waals surface area contributed by atoms with E-state index in [0.717, 1.165) is 16.7 Å². The van der Waals surface area contributed by atoms with Crippen molar-refractivity contribution in [3.05, 3.63) is 108 Å². The molecule has 0 aliphatic carbocycles. The minimum Gasteiger partial charge on any atom is -0.441 e. The Balaban J connectivity index is 1.13. The molecule has 2 N–H and O–H groups in total. The van der Waals surface area contributed by atoms with Gasteiger partial charge in [-0.3, -0.25) is 20.4 Å². The highest BCUT2D eigenvalue weighted by Crippen LogP contribution is 2.21. The van der Waals surface area contributed by atoms with Crippen LogP contribution in [0.5, 0.6) is 0 Å². The van der Waals surface area contributed by atoms with Crippen LogP contribution in [0.2, 0.25) is 0 Å². The normalized spacial score (nSPS) is 10.7. The zero-order valence-electron chi connectivity index (χ0n) is 20.0. The van der Waals surface area contributed by atoms with Crippen LogP contribution in [0.25, 0.3) is 22.8 Å². The molecule has 37 heavy (non-hydrogen) atoms. The Bertz CT molecular complexity index is 1510. The summed E-state index contributed by atoms with van der Waals surface area (Å²) in [6, 6.07) is 26.0. The number of aryl methyl sites for hydroxylation is 1. The summed E-state index contributed by atoms with van der Waals surface area (Å²) in [7, 11) is 0. The standard InChI is InChI=1S/C27H23N7O3/c1-18-23(28-27(37-18)22-10-6-3-7-11-22)16-24(35)29-31-26(36)21-14-12-19(13-15-21)17-34-32-25(30-33-34)20-8-4-2-5-9-20/h2-15H,16-17H2,1H3,(H,29,35)(H,31,36). The molecule has 0 saturated carbocycles. The van der Waals surface area contributed by atoms with Crippen LogP contribution in [0, 0.1) is 6.92 Å². The number of carbonyl (C=O) groups is 2. The third kappa shape index (κ3) is 5.76. The van der Waals surface area contributed by atoms with Crippen LogP contribution < -0.4 is 10.9 Å². The fourth-order valence-corrected chi connectivity index (χ4v) is 3.63. The Labute approximate surface area is 212 Å². The van der Waals surface area contributed by atoms with E-state index in [1.807, 2.05) is 60.7 Å². The van der Waals surface area contributed by atoms with Gasteiger partial charge in [0.25, 0.3) is 5.91 Å². The molecule has 0 saturated heterocycles. The van der Waals surface area contributed by atoms with Gasteiger partial charge in [0.05, 0.1) is 18.7 Å². The summed E-state index contributed by atoms with van der Waals surface area (Å²) in [5.41, 5.74) is 8.36. The molecule has 184 valence electrons. The highest BCUT2D eigenvalue weighted by Gasteiger charge is 2.15. The first kappa shape index (κ1) is 23.6. The molecule has 0 radical (unpaired) electrons. The van der Waals surface area contributed by atoms with E-state index in [1.54, 1.807) is 31.2 Å². The van der Waals surface area contributed by atoms with Gasteiger partial charge in [-0.2, -0.15) is 4.80 Å². The molecule has 0 aliphatic rings. The van der Waals surface area contributed by atoms with Gasteiger partial charge in [0.1, 0.15) is 5.76 Å². The molecule has 0 aliphatic heterocycles. The molecule has 0 spiro atoms. The van der Waals surface area contributed by atoms with Crippen LogP contribution in [0.4, 0.5) is 0 Å². The molecular weight excluding hydrogens is 470 g/mol. The topological polar surface area (TPSA) is 128 Å². The van der Waals surface area contributed by atoms with Gasteiger partial charge in [-0.25, -0.2) is 4.98 Å². The summed E-state index contributed by atoms with van der Waals surface area (Å²) in [5.74, 6) is 0.694. The predicted octanol–water partition coefficient (Wildman–Crippen LogP) is 3.36. The third-order valence-corrected chi connectivity index (χ3v) is 5.58. The average Bonchev–Trinajstić information content (AvgIpc) is 3.55. The van der Waals surface area contributed by atoms with Crippen molar-refractivity contribution in [2.75, 3.05) is 0 Å². The van der Waals surface area contributed by atoms with Crippen molar-refractivity contribution in [1.82, 2.24) is 36.0 Å². The van der Waals surface area contributed by atoms with Gasteiger partial charge in [0, 0.05) is 16.7 Å². The van der Waals surface area contributed by atoms with E-state index in [-0.39, 0.29) is 6.42 Å². The second kappa shape index (κ2) is 10.6. The van der Waals surface area contributed by atoms with Crippen molar-refractivity contribution >= 4 is 11.8 Å². The summed E-state index contributed by atoms with van der Waals surface area (Å²) in [6.07, 6.45) is -0.0305. The minimum absolute atomic E-state index is 0.0305. The lowest BCUT2D eigenvalue weighted by molar-refractivity contribution is -0.121. The van der Waals surface area contributed by atoms with E-state index < -0.39 is 11.8 Å². The molecule has 0 fully saturated rings. The van der Waals surface area contributed by atoms with E-state index in [1.165, 1.54) is 4.80 Å². The van der Waals surface area contributed by atoms with Crippen molar-refractivity contribution in [2.24, 2.45) is 0 Å². The molecular formula is C27H23N7O3. The molecule has 0 bridgehead atoms. The number of carbonyl (C=O) groups excluding carboxylic acids is 2. The van der Waals surface area contributed by atoms with Crippen molar-refractivity contribution in [2.45, 2.75) is 19.9 Å². The summed E-state index contributed by atoms with van der Waals surface area (Å²) >= 11 is 0.